The second-order valence-corrected chi connectivity index (χ2v) is 6.67. The lowest BCUT2D eigenvalue weighted by Crippen LogP contribution is -2.74. The van der Waals surface area contributed by atoms with E-state index in [1.54, 1.807) is 0 Å². The summed E-state index contributed by atoms with van der Waals surface area (Å²) in [6.45, 7) is 2.74. The number of esters is 1. The van der Waals surface area contributed by atoms with Crippen molar-refractivity contribution < 1.29 is 94.0 Å². The van der Waals surface area contributed by atoms with Crippen molar-refractivity contribution in [2.24, 2.45) is 0 Å². The topological polar surface area (TPSA) is 55.8 Å². The van der Waals surface area contributed by atoms with E-state index in [1.807, 2.05) is 0 Å². The molecule has 2 atom stereocenters. The number of ether oxygens (including phenoxy) is 2. The van der Waals surface area contributed by atoms with Gasteiger partial charge in [0.05, 0.1) is 0 Å². The average molecular weight is 578 g/mol. The van der Waals surface area contributed by atoms with Crippen LogP contribution in [0.1, 0.15) is 6.42 Å². The summed E-state index contributed by atoms with van der Waals surface area (Å²) in [6.07, 6.45) is -17.0. The summed E-state index contributed by atoms with van der Waals surface area (Å²) in [7, 11) is 0.396. The fourth-order valence-electron chi connectivity index (χ4n) is 2.13. The van der Waals surface area contributed by atoms with Crippen molar-refractivity contribution in [1.29, 1.82) is 0 Å². The Balaban J connectivity index is 6.54. The summed E-state index contributed by atoms with van der Waals surface area (Å²) in [6, 6.07) is 0. The van der Waals surface area contributed by atoms with Crippen molar-refractivity contribution in [2.45, 2.75) is 66.4 Å². The number of halogens is 17. The van der Waals surface area contributed by atoms with E-state index in [-0.39, 0.29) is 6.08 Å². The van der Waals surface area contributed by atoms with E-state index in [0.29, 0.717) is 7.11 Å². The summed E-state index contributed by atoms with van der Waals surface area (Å²) in [5, 5.41) is 9.33. The van der Waals surface area contributed by atoms with Gasteiger partial charge in [-0.05, 0) is 0 Å². The molecule has 0 radical (unpaired) electrons. The number of carbonyl (C=O) groups is 1. The van der Waals surface area contributed by atoms with Crippen molar-refractivity contribution >= 4 is 5.97 Å². The van der Waals surface area contributed by atoms with E-state index in [0.717, 1.165) is 0 Å². The van der Waals surface area contributed by atoms with Gasteiger partial charge in [0.1, 0.15) is 6.10 Å². The smallest absolute Gasteiger partial charge is 0.430 e. The lowest BCUT2D eigenvalue weighted by Gasteiger charge is -2.43. The molecule has 4 nitrogen and oxygen atoms in total. The molecule has 0 bridgehead atoms. The fourth-order valence-corrected chi connectivity index (χ4v) is 2.13. The van der Waals surface area contributed by atoms with Crippen LogP contribution in [0, 0.1) is 0 Å². The molecule has 0 aliphatic heterocycles. The second kappa shape index (κ2) is 9.67. The average Bonchev–Trinajstić information content (AvgIpc) is 2.69. The zero-order valence-corrected chi connectivity index (χ0v) is 16.7. The summed E-state index contributed by atoms with van der Waals surface area (Å²) >= 11 is 0. The molecule has 0 saturated heterocycles. The first-order valence-electron chi connectivity index (χ1n) is 8.30. The molecular formula is C15H11F17O4. The van der Waals surface area contributed by atoms with Gasteiger partial charge in [-0.2, -0.15) is 74.6 Å². The van der Waals surface area contributed by atoms with Crippen molar-refractivity contribution in [2.75, 3.05) is 7.11 Å². The standard InChI is InChI=1S/C15H11F17O4/c1-3-6(34)36-7(35-2)5(33)4-8(16,17)9(18,19)10(20,21)11(22,23)12(24,25)13(26,27)14(28,29)15(30,31)32/h3,5,7,33H,1,4H2,2H3. The molecule has 0 aliphatic rings. The monoisotopic (exact) mass is 578 g/mol. The van der Waals surface area contributed by atoms with Crippen LogP contribution in [-0.2, 0) is 14.3 Å². The number of hydrogen-bond donors (Lipinski definition) is 1. The Morgan fingerprint density at radius 1 is 0.722 bits per heavy atom. The van der Waals surface area contributed by atoms with Crippen molar-refractivity contribution in [3.63, 3.8) is 0 Å². The molecule has 0 aromatic carbocycles. The van der Waals surface area contributed by atoms with Gasteiger partial charge in [-0.15, -0.1) is 0 Å². The number of carbonyl (C=O) groups excluding carboxylic acids is 1. The highest BCUT2D eigenvalue weighted by Crippen LogP contribution is 2.64. The Labute approximate surface area is 187 Å². The molecule has 2 unspecified atom stereocenters. The fraction of sp³-hybridized carbons (Fsp3) is 0.800. The first-order chi connectivity index (χ1) is 15.5. The van der Waals surface area contributed by atoms with Crippen LogP contribution in [0.25, 0.3) is 0 Å². The van der Waals surface area contributed by atoms with Gasteiger partial charge in [0.2, 0.25) is 6.29 Å². The van der Waals surface area contributed by atoms with Crippen LogP contribution in [0.2, 0.25) is 0 Å². The molecule has 1 N–H and O–H groups in total. The lowest BCUT2D eigenvalue weighted by molar-refractivity contribution is -0.462. The zero-order chi connectivity index (χ0) is 29.6. The van der Waals surface area contributed by atoms with Crippen LogP contribution in [0.15, 0.2) is 12.7 Å². The van der Waals surface area contributed by atoms with Crippen LogP contribution < -0.4 is 0 Å². The Hall–Kier alpha value is -2.06. The number of hydrogen-bond acceptors (Lipinski definition) is 4. The van der Waals surface area contributed by atoms with E-state index >= 15 is 0 Å². The van der Waals surface area contributed by atoms with Crippen LogP contribution >= 0.6 is 0 Å². The highest BCUT2D eigenvalue weighted by molar-refractivity contribution is 5.81. The Bertz CT molecular complexity index is 804. The molecule has 0 aromatic rings. The highest BCUT2D eigenvalue weighted by atomic mass is 19.4. The molecule has 214 valence electrons. The molecule has 36 heavy (non-hydrogen) atoms. The van der Waals surface area contributed by atoms with Gasteiger partial charge in [-0.3, -0.25) is 0 Å². The number of methoxy groups -OCH3 is 1. The van der Waals surface area contributed by atoms with Crippen LogP contribution in [-0.4, -0.2) is 78.2 Å². The first-order valence-corrected chi connectivity index (χ1v) is 8.30. The van der Waals surface area contributed by atoms with E-state index in [9.17, 15) is 84.5 Å². The third kappa shape index (κ3) is 5.03. The van der Waals surface area contributed by atoms with Gasteiger partial charge >= 0.3 is 53.6 Å². The van der Waals surface area contributed by atoms with Crippen molar-refractivity contribution in [3.8, 4) is 0 Å². The van der Waals surface area contributed by atoms with Crippen molar-refractivity contribution in [1.82, 2.24) is 0 Å². The molecular weight excluding hydrogens is 567 g/mol. The molecule has 21 heteroatoms. The van der Waals surface area contributed by atoms with Gasteiger partial charge in [0.25, 0.3) is 0 Å². The summed E-state index contributed by atoms with van der Waals surface area (Å²) < 4.78 is 232. The quantitative estimate of drug-likeness (QED) is 0.145. The van der Waals surface area contributed by atoms with Crippen LogP contribution in [0.3, 0.4) is 0 Å². The van der Waals surface area contributed by atoms with E-state index < -0.39 is 72.4 Å². The maximum atomic E-state index is 13.8. The highest BCUT2D eigenvalue weighted by Gasteiger charge is 2.95. The van der Waals surface area contributed by atoms with Crippen molar-refractivity contribution in [3.05, 3.63) is 12.7 Å². The maximum absolute atomic E-state index is 13.8. The zero-order valence-electron chi connectivity index (χ0n) is 16.7. The predicted molar refractivity (Wildman–Crippen MR) is 78.4 cm³/mol. The summed E-state index contributed by atoms with van der Waals surface area (Å²) in [4.78, 5) is 10.9. The minimum absolute atomic E-state index is 0.235. The third-order valence-electron chi connectivity index (χ3n) is 4.20. The van der Waals surface area contributed by atoms with Gasteiger partial charge in [-0.1, -0.05) is 6.58 Å². The molecule has 0 rings (SSSR count). The Kier molecular flexibility index (Phi) is 9.12. The minimum Gasteiger partial charge on any atom is -0.430 e. The number of rotatable bonds is 12. The number of aliphatic hydroxyl groups excluding tert-OH is 1. The van der Waals surface area contributed by atoms with Gasteiger partial charge in [-0.25, -0.2) is 4.79 Å². The Morgan fingerprint density at radius 2 is 1.06 bits per heavy atom. The molecule has 0 aromatic heterocycles. The number of alkyl halides is 17. The van der Waals surface area contributed by atoms with E-state index in [4.69, 9.17) is 0 Å². The SMILES string of the molecule is C=CC(=O)OC(OC)C(O)CC(F)(F)C(F)(F)C(F)(F)C(F)(F)C(F)(F)C(F)(F)C(F)(F)C(F)(F)F. The van der Waals surface area contributed by atoms with Crippen LogP contribution in [0.5, 0.6) is 0 Å². The lowest BCUT2D eigenvalue weighted by atomic mass is 9.87. The summed E-state index contributed by atoms with van der Waals surface area (Å²) in [5.41, 5.74) is 0. The van der Waals surface area contributed by atoms with Crippen LogP contribution in [0.4, 0.5) is 74.6 Å². The van der Waals surface area contributed by atoms with Gasteiger partial charge in [0.15, 0.2) is 0 Å². The third-order valence-corrected chi connectivity index (χ3v) is 4.20. The Morgan fingerprint density at radius 3 is 1.36 bits per heavy atom. The molecule has 0 heterocycles. The largest absolute Gasteiger partial charge is 0.460 e. The number of aliphatic hydroxyl groups is 1. The second-order valence-electron chi connectivity index (χ2n) is 6.67. The molecule has 0 saturated carbocycles. The van der Waals surface area contributed by atoms with E-state index in [1.165, 1.54) is 0 Å². The molecule has 0 amide bonds. The van der Waals surface area contributed by atoms with E-state index in [2.05, 4.69) is 16.1 Å². The minimum atomic E-state index is -8.75. The normalized spacial score (nSPS) is 17.0. The molecule has 0 spiro atoms. The van der Waals surface area contributed by atoms with Gasteiger partial charge < -0.3 is 14.6 Å². The summed E-state index contributed by atoms with van der Waals surface area (Å²) in [5.74, 6) is -59.3. The first kappa shape index (κ1) is 33.9. The molecule has 0 aliphatic carbocycles. The predicted octanol–water partition coefficient (Wildman–Crippen LogP) is 5.45. The van der Waals surface area contributed by atoms with Gasteiger partial charge in [0, 0.05) is 19.6 Å². The maximum Gasteiger partial charge on any atom is 0.460 e. The molecule has 0 fully saturated rings.